The lowest BCUT2D eigenvalue weighted by atomic mass is 9.83. The molecule has 0 unspecified atom stereocenters. The summed E-state index contributed by atoms with van der Waals surface area (Å²) in [6.07, 6.45) is 4.35. The molecule has 1 aromatic rings. The first-order valence-electron chi connectivity index (χ1n) is 6.80. The summed E-state index contributed by atoms with van der Waals surface area (Å²) in [7, 11) is -3.63. The molecule has 0 saturated heterocycles. The summed E-state index contributed by atoms with van der Waals surface area (Å²) in [4.78, 5) is 0.224. The lowest BCUT2D eigenvalue weighted by molar-refractivity contribution is 0.142. The Morgan fingerprint density at radius 1 is 1.30 bits per heavy atom. The van der Waals surface area contributed by atoms with Crippen LogP contribution in [0.25, 0.3) is 0 Å². The van der Waals surface area contributed by atoms with Gasteiger partial charge in [0.15, 0.2) is 0 Å². The smallest absolute Gasteiger partial charge is 0.242 e. The van der Waals surface area contributed by atoms with Crippen LogP contribution in [0, 0.1) is 6.92 Å². The van der Waals surface area contributed by atoms with Gasteiger partial charge in [-0.1, -0.05) is 25.3 Å². The molecule has 6 heteroatoms. The predicted octanol–water partition coefficient (Wildman–Crippen LogP) is 2.73. The highest BCUT2D eigenvalue weighted by molar-refractivity contribution is 9.10. The second kappa shape index (κ2) is 6.13. The number of rotatable bonds is 4. The minimum atomic E-state index is -3.63. The second-order valence-corrected chi connectivity index (χ2v) is 8.04. The van der Waals surface area contributed by atoms with Gasteiger partial charge in [0.25, 0.3) is 0 Å². The highest BCUT2D eigenvalue weighted by Gasteiger charge is 2.36. The van der Waals surface area contributed by atoms with Crippen LogP contribution in [0.15, 0.2) is 27.6 Å². The molecule has 1 saturated carbocycles. The predicted molar refractivity (Wildman–Crippen MR) is 82.1 cm³/mol. The number of sulfonamides is 1. The topological polar surface area (TPSA) is 66.4 Å². The summed E-state index contributed by atoms with van der Waals surface area (Å²) in [5, 5.41) is 9.63. The summed E-state index contributed by atoms with van der Waals surface area (Å²) in [5.41, 5.74) is 0.284. The van der Waals surface area contributed by atoms with Crippen LogP contribution >= 0.6 is 15.9 Å². The molecule has 0 heterocycles. The van der Waals surface area contributed by atoms with Gasteiger partial charge in [-0.15, -0.1) is 0 Å². The number of aliphatic hydroxyl groups excluding tert-OH is 1. The van der Waals surface area contributed by atoms with Crippen LogP contribution in [0.1, 0.15) is 37.7 Å². The van der Waals surface area contributed by atoms with E-state index in [0.717, 1.165) is 24.8 Å². The van der Waals surface area contributed by atoms with Crippen molar-refractivity contribution in [3.63, 3.8) is 0 Å². The Labute approximate surface area is 128 Å². The van der Waals surface area contributed by atoms with E-state index in [0.29, 0.717) is 17.3 Å². The van der Waals surface area contributed by atoms with Gasteiger partial charge in [-0.25, -0.2) is 13.1 Å². The van der Waals surface area contributed by atoms with Crippen LogP contribution in [0.3, 0.4) is 0 Å². The zero-order chi connectivity index (χ0) is 14.8. The van der Waals surface area contributed by atoms with E-state index < -0.39 is 15.6 Å². The lowest BCUT2D eigenvalue weighted by Gasteiger charge is -2.36. The third-order valence-electron chi connectivity index (χ3n) is 3.84. The molecular formula is C14H20BrNO3S. The first-order valence-corrected chi connectivity index (χ1v) is 9.07. The van der Waals surface area contributed by atoms with E-state index in [4.69, 9.17) is 0 Å². The molecule has 1 aliphatic rings. The number of aliphatic hydroxyl groups is 1. The summed E-state index contributed by atoms with van der Waals surface area (Å²) >= 11 is 3.31. The van der Waals surface area contributed by atoms with Gasteiger partial charge in [-0.3, -0.25) is 0 Å². The Kier molecular flexibility index (Phi) is 4.89. The second-order valence-electron chi connectivity index (χ2n) is 5.54. The molecule has 1 aromatic carbocycles. The van der Waals surface area contributed by atoms with Gasteiger partial charge < -0.3 is 5.11 Å². The first-order chi connectivity index (χ1) is 9.38. The standard InChI is InChI=1S/C14H20BrNO3S/c1-11-5-6-13(12(15)9-11)20(18,19)16-14(10-17)7-3-2-4-8-14/h5-6,9,16-17H,2-4,7-8,10H2,1H3. The first kappa shape index (κ1) is 15.9. The molecule has 0 amide bonds. The average Bonchev–Trinajstić information content (AvgIpc) is 2.38. The summed E-state index contributed by atoms with van der Waals surface area (Å²) in [5.74, 6) is 0. The SMILES string of the molecule is Cc1ccc(S(=O)(=O)NC2(CO)CCCCC2)c(Br)c1. The quantitative estimate of drug-likeness (QED) is 0.866. The summed E-state index contributed by atoms with van der Waals surface area (Å²) in [6.45, 7) is 1.75. The van der Waals surface area contributed by atoms with Gasteiger partial charge in [0.05, 0.1) is 17.0 Å². The van der Waals surface area contributed by atoms with Gasteiger partial charge in [0.1, 0.15) is 0 Å². The van der Waals surface area contributed by atoms with Gasteiger partial charge in [-0.05, 0) is 53.4 Å². The van der Waals surface area contributed by atoms with Crippen LogP contribution in [-0.2, 0) is 10.0 Å². The number of hydrogen-bond acceptors (Lipinski definition) is 3. The van der Waals surface area contributed by atoms with Crippen LogP contribution < -0.4 is 4.72 Å². The molecule has 0 atom stereocenters. The monoisotopic (exact) mass is 361 g/mol. The normalized spacial score (nSPS) is 18.9. The van der Waals surface area contributed by atoms with Crippen molar-refractivity contribution in [2.45, 2.75) is 49.5 Å². The van der Waals surface area contributed by atoms with E-state index in [2.05, 4.69) is 20.7 Å². The molecule has 0 radical (unpaired) electrons. The van der Waals surface area contributed by atoms with Crippen LogP contribution in [-0.4, -0.2) is 25.7 Å². The molecule has 0 spiro atoms. The van der Waals surface area contributed by atoms with Crippen molar-refractivity contribution in [3.05, 3.63) is 28.2 Å². The van der Waals surface area contributed by atoms with Crippen molar-refractivity contribution in [2.24, 2.45) is 0 Å². The fourth-order valence-corrected chi connectivity index (χ4v) is 5.33. The third-order valence-corrected chi connectivity index (χ3v) is 6.40. The number of hydrogen-bond donors (Lipinski definition) is 2. The minimum absolute atomic E-state index is 0.157. The average molecular weight is 362 g/mol. The van der Waals surface area contributed by atoms with E-state index in [1.54, 1.807) is 18.2 Å². The fourth-order valence-electron chi connectivity index (χ4n) is 2.68. The summed E-state index contributed by atoms with van der Waals surface area (Å²) < 4.78 is 28.4. The van der Waals surface area contributed by atoms with Crippen LogP contribution in [0.5, 0.6) is 0 Å². The zero-order valence-corrected chi connectivity index (χ0v) is 13.9. The fraction of sp³-hybridized carbons (Fsp3) is 0.571. The van der Waals surface area contributed by atoms with Crippen LogP contribution in [0.2, 0.25) is 0 Å². The number of aryl methyl sites for hydroxylation is 1. The Hall–Kier alpha value is -0.430. The maximum Gasteiger partial charge on any atom is 0.242 e. The molecule has 4 nitrogen and oxygen atoms in total. The van der Waals surface area contributed by atoms with Gasteiger partial charge in [0, 0.05) is 4.47 Å². The maximum absolute atomic E-state index is 12.5. The highest BCUT2D eigenvalue weighted by atomic mass is 79.9. The maximum atomic E-state index is 12.5. The molecule has 20 heavy (non-hydrogen) atoms. The van der Waals surface area contributed by atoms with Crippen molar-refractivity contribution in [1.82, 2.24) is 4.72 Å². The Balaban J connectivity index is 2.30. The highest BCUT2D eigenvalue weighted by Crippen LogP contribution is 2.31. The van der Waals surface area contributed by atoms with Gasteiger partial charge >= 0.3 is 0 Å². The minimum Gasteiger partial charge on any atom is -0.394 e. The zero-order valence-electron chi connectivity index (χ0n) is 11.5. The molecule has 112 valence electrons. The molecule has 2 rings (SSSR count). The Bertz CT molecular complexity index is 580. The van der Waals surface area contributed by atoms with Crippen molar-refractivity contribution >= 4 is 26.0 Å². The molecule has 1 fully saturated rings. The largest absolute Gasteiger partial charge is 0.394 e. The van der Waals surface area contributed by atoms with Gasteiger partial charge in [-0.2, -0.15) is 0 Å². The van der Waals surface area contributed by atoms with Gasteiger partial charge in [0.2, 0.25) is 10.0 Å². The number of nitrogens with one attached hydrogen (secondary N) is 1. The van der Waals surface area contributed by atoms with Crippen molar-refractivity contribution < 1.29 is 13.5 Å². The van der Waals surface area contributed by atoms with E-state index >= 15 is 0 Å². The van der Waals surface area contributed by atoms with E-state index in [-0.39, 0.29) is 11.5 Å². The number of benzene rings is 1. The van der Waals surface area contributed by atoms with E-state index in [9.17, 15) is 13.5 Å². The van der Waals surface area contributed by atoms with Crippen LogP contribution in [0.4, 0.5) is 0 Å². The number of halogens is 1. The van der Waals surface area contributed by atoms with E-state index in [1.807, 2.05) is 6.92 Å². The molecule has 2 N–H and O–H groups in total. The van der Waals surface area contributed by atoms with Crippen molar-refractivity contribution in [1.29, 1.82) is 0 Å². The molecule has 0 bridgehead atoms. The Morgan fingerprint density at radius 3 is 2.50 bits per heavy atom. The molecule has 0 aromatic heterocycles. The van der Waals surface area contributed by atoms with Crippen molar-refractivity contribution in [2.75, 3.05) is 6.61 Å². The molecule has 0 aliphatic heterocycles. The lowest BCUT2D eigenvalue weighted by Crippen LogP contribution is -2.52. The molecular weight excluding hydrogens is 342 g/mol. The van der Waals surface area contributed by atoms with E-state index in [1.165, 1.54) is 0 Å². The Morgan fingerprint density at radius 2 is 1.95 bits per heavy atom. The molecule has 1 aliphatic carbocycles. The summed E-state index contributed by atoms with van der Waals surface area (Å²) in [6, 6.07) is 5.14. The third kappa shape index (κ3) is 3.42. The van der Waals surface area contributed by atoms with Crippen molar-refractivity contribution in [3.8, 4) is 0 Å².